The third kappa shape index (κ3) is 3.93. The molecule has 0 unspecified atom stereocenters. The standard InChI is InChI=1S/C26H22N6O2/c1-34-21-14-8-5-11-18(21)16-29-32-24(27)22(26(33)28-15-17-9-3-2-4-10-17)23-25(32)31-20-13-7-6-12-19(20)30-23/h2-14,16H,15,27H2,1H3,(H,28,33)/b29-16+. The number of hydrogen-bond acceptors (Lipinski definition) is 6. The summed E-state index contributed by atoms with van der Waals surface area (Å²) in [5.41, 5.74) is 10.6. The fourth-order valence-electron chi connectivity index (χ4n) is 3.75. The van der Waals surface area contributed by atoms with E-state index in [4.69, 9.17) is 20.4 Å². The Balaban J connectivity index is 1.61. The van der Waals surface area contributed by atoms with Crippen LogP contribution >= 0.6 is 0 Å². The van der Waals surface area contributed by atoms with Crippen molar-refractivity contribution < 1.29 is 9.53 Å². The summed E-state index contributed by atoms with van der Waals surface area (Å²) in [6.45, 7) is 0.358. The van der Waals surface area contributed by atoms with Gasteiger partial charge in [0.15, 0.2) is 5.65 Å². The van der Waals surface area contributed by atoms with Crippen LogP contribution in [0, 0.1) is 0 Å². The predicted octanol–water partition coefficient (Wildman–Crippen LogP) is 3.99. The first kappa shape index (κ1) is 21.1. The lowest BCUT2D eigenvalue weighted by Gasteiger charge is -2.06. The van der Waals surface area contributed by atoms with Crippen LogP contribution in [0.3, 0.4) is 0 Å². The van der Waals surface area contributed by atoms with E-state index in [2.05, 4.69) is 10.4 Å². The number of nitrogens with one attached hydrogen (secondary N) is 1. The molecular formula is C26H22N6O2. The first-order valence-electron chi connectivity index (χ1n) is 10.7. The van der Waals surface area contributed by atoms with Crippen LogP contribution < -0.4 is 15.8 Å². The lowest BCUT2D eigenvalue weighted by molar-refractivity contribution is 0.0953. The minimum absolute atomic E-state index is 0.155. The van der Waals surface area contributed by atoms with Gasteiger partial charge in [-0.15, -0.1) is 0 Å². The molecule has 1 amide bonds. The molecule has 3 aromatic carbocycles. The number of methoxy groups -OCH3 is 1. The molecule has 0 bridgehead atoms. The minimum atomic E-state index is -0.345. The molecule has 0 radical (unpaired) electrons. The van der Waals surface area contributed by atoms with Crippen molar-refractivity contribution >= 4 is 40.1 Å². The summed E-state index contributed by atoms with van der Waals surface area (Å²) in [5.74, 6) is 0.475. The van der Waals surface area contributed by atoms with Gasteiger partial charge in [-0.2, -0.15) is 9.78 Å². The van der Waals surface area contributed by atoms with E-state index in [1.807, 2.05) is 78.9 Å². The SMILES string of the molecule is COc1ccccc1/C=N/n1c(N)c(C(=O)NCc2ccccc2)c2nc3ccccc3nc21. The number of benzene rings is 3. The second-order valence-electron chi connectivity index (χ2n) is 7.61. The summed E-state index contributed by atoms with van der Waals surface area (Å²) in [5, 5.41) is 7.47. The Bertz CT molecular complexity index is 1530. The molecule has 3 N–H and O–H groups in total. The zero-order valence-electron chi connectivity index (χ0n) is 18.5. The fraction of sp³-hybridized carbons (Fsp3) is 0.0769. The molecule has 5 aromatic rings. The van der Waals surface area contributed by atoms with E-state index in [-0.39, 0.29) is 17.3 Å². The Labute approximate surface area is 195 Å². The monoisotopic (exact) mass is 450 g/mol. The Morgan fingerprint density at radius 2 is 1.68 bits per heavy atom. The van der Waals surface area contributed by atoms with Gasteiger partial charge in [0.1, 0.15) is 22.6 Å². The molecule has 2 heterocycles. The second-order valence-corrected chi connectivity index (χ2v) is 7.61. The number of para-hydroxylation sites is 3. The van der Waals surface area contributed by atoms with Crippen molar-refractivity contribution in [3.63, 3.8) is 0 Å². The largest absolute Gasteiger partial charge is 0.496 e. The minimum Gasteiger partial charge on any atom is -0.496 e. The lowest BCUT2D eigenvalue weighted by Crippen LogP contribution is -2.23. The van der Waals surface area contributed by atoms with Gasteiger partial charge in [-0.3, -0.25) is 4.79 Å². The zero-order chi connectivity index (χ0) is 23.5. The van der Waals surface area contributed by atoms with E-state index < -0.39 is 0 Å². The van der Waals surface area contributed by atoms with Crippen LogP contribution in [0.2, 0.25) is 0 Å². The van der Waals surface area contributed by atoms with Crippen molar-refractivity contribution in [1.82, 2.24) is 20.0 Å². The van der Waals surface area contributed by atoms with Gasteiger partial charge in [0.2, 0.25) is 0 Å². The van der Waals surface area contributed by atoms with Crippen molar-refractivity contribution in [2.24, 2.45) is 5.10 Å². The Morgan fingerprint density at radius 3 is 2.44 bits per heavy atom. The number of nitrogens with two attached hydrogens (primary N) is 1. The second kappa shape index (κ2) is 9.03. The number of amides is 1. The number of aromatic nitrogens is 3. The highest BCUT2D eigenvalue weighted by molar-refractivity contribution is 6.10. The Kier molecular flexibility index (Phi) is 5.61. The third-order valence-electron chi connectivity index (χ3n) is 5.45. The van der Waals surface area contributed by atoms with E-state index in [0.717, 1.165) is 11.1 Å². The smallest absolute Gasteiger partial charge is 0.257 e. The molecule has 34 heavy (non-hydrogen) atoms. The molecule has 8 nitrogen and oxygen atoms in total. The normalized spacial score (nSPS) is 11.3. The summed E-state index contributed by atoms with van der Waals surface area (Å²) in [4.78, 5) is 22.6. The van der Waals surface area contributed by atoms with Gasteiger partial charge >= 0.3 is 0 Å². The Morgan fingerprint density at radius 1 is 1.00 bits per heavy atom. The highest BCUT2D eigenvalue weighted by Crippen LogP contribution is 2.28. The summed E-state index contributed by atoms with van der Waals surface area (Å²) < 4.78 is 6.85. The topological polar surface area (TPSA) is 107 Å². The predicted molar refractivity (Wildman–Crippen MR) is 133 cm³/mol. The maximum atomic E-state index is 13.2. The Hall–Kier alpha value is -4.72. The number of fused-ring (bicyclic) bond motifs is 2. The van der Waals surface area contributed by atoms with Crippen molar-refractivity contribution in [2.45, 2.75) is 6.54 Å². The first-order valence-corrected chi connectivity index (χ1v) is 10.7. The summed E-state index contributed by atoms with van der Waals surface area (Å²) in [7, 11) is 1.60. The molecular weight excluding hydrogens is 428 g/mol. The van der Waals surface area contributed by atoms with E-state index in [1.165, 1.54) is 4.68 Å². The van der Waals surface area contributed by atoms with Crippen LogP contribution in [0.4, 0.5) is 5.82 Å². The maximum Gasteiger partial charge on any atom is 0.257 e. The number of carbonyl (C=O) groups is 1. The summed E-state index contributed by atoms with van der Waals surface area (Å²) in [6.07, 6.45) is 1.62. The molecule has 0 atom stereocenters. The molecule has 0 saturated heterocycles. The average molecular weight is 451 g/mol. The lowest BCUT2D eigenvalue weighted by atomic mass is 10.2. The zero-order valence-corrected chi connectivity index (χ0v) is 18.5. The fourth-order valence-corrected chi connectivity index (χ4v) is 3.75. The van der Waals surface area contributed by atoms with Crippen LogP contribution in [-0.2, 0) is 6.54 Å². The van der Waals surface area contributed by atoms with E-state index in [1.54, 1.807) is 13.3 Å². The summed E-state index contributed by atoms with van der Waals surface area (Å²) in [6, 6.07) is 24.6. The average Bonchev–Trinajstić information content (AvgIpc) is 3.15. The van der Waals surface area contributed by atoms with Gasteiger partial charge in [-0.1, -0.05) is 54.6 Å². The molecule has 0 saturated carbocycles. The summed E-state index contributed by atoms with van der Waals surface area (Å²) >= 11 is 0. The molecule has 0 fully saturated rings. The highest BCUT2D eigenvalue weighted by atomic mass is 16.5. The van der Waals surface area contributed by atoms with Gasteiger partial charge in [-0.25, -0.2) is 9.97 Å². The molecule has 8 heteroatoms. The number of nitrogens with zero attached hydrogens (tertiary/aromatic N) is 4. The number of hydrogen-bond donors (Lipinski definition) is 2. The molecule has 5 rings (SSSR count). The van der Waals surface area contributed by atoms with Gasteiger partial charge < -0.3 is 15.8 Å². The van der Waals surface area contributed by atoms with E-state index in [9.17, 15) is 4.79 Å². The number of anilines is 1. The van der Waals surface area contributed by atoms with Crippen LogP contribution in [0.25, 0.3) is 22.2 Å². The maximum absolute atomic E-state index is 13.2. The van der Waals surface area contributed by atoms with Crippen LogP contribution in [0.1, 0.15) is 21.5 Å². The van der Waals surface area contributed by atoms with Gasteiger partial charge in [0.25, 0.3) is 5.91 Å². The van der Waals surface area contributed by atoms with Crippen molar-refractivity contribution in [3.05, 3.63) is 95.6 Å². The van der Waals surface area contributed by atoms with Gasteiger partial charge in [0, 0.05) is 12.1 Å². The van der Waals surface area contributed by atoms with Crippen LogP contribution in [0.5, 0.6) is 5.75 Å². The molecule has 0 aliphatic rings. The van der Waals surface area contributed by atoms with Crippen LogP contribution in [0.15, 0.2) is 84.0 Å². The van der Waals surface area contributed by atoms with Crippen LogP contribution in [-0.4, -0.2) is 33.9 Å². The molecule has 0 spiro atoms. The molecule has 2 aromatic heterocycles. The van der Waals surface area contributed by atoms with Crippen molar-refractivity contribution in [2.75, 3.05) is 12.8 Å². The third-order valence-corrected chi connectivity index (χ3v) is 5.45. The number of carbonyl (C=O) groups excluding carboxylic acids is 1. The van der Waals surface area contributed by atoms with Gasteiger partial charge in [-0.05, 0) is 29.8 Å². The molecule has 0 aliphatic carbocycles. The van der Waals surface area contributed by atoms with Crippen molar-refractivity contribution in [1.29, 1.82) is 0 Å². The van der Waals surface area contributed by atoms with E-state index >= 15 is 0 Å². The first-order chi connectivity index (χ1) is 16.7. The number of nitrogen functional groups attached to an aromatic ring is 1. The van der Waals surface area contributed by atoms with Crippen molar-refractivity contribution in [3.8, 4) is 5.75 Å². The molecule has 168 valence electrons. The highest BCUT2D eigenvalue weighted by Gasteiger charge is 2.24. The van der Waals surface area contributed by atoms with Gasteiger partial charge in [0.05, 0.1) is 24.4 Å². The quantitative estimate of drug-likeness (QED) is 0.381. The number of ether oxygens (including phenoxy) is 1. The molecule has 0 aliphatic heterocycles. The van der Waals surface area contributed by atoms with E-state index in [0.29, 0.717) is 34.5 Å². The number of rotatable bonds is 6.